The van der Waals surface area contributed by atoms with E-state index >= 15 is 0 Å². The van der Waals surface area contributed by atoms with Crippen LogP contribution in [0.25, 0.3) is 0 Å². The zero-order valence-corrected chi connectivity index (χ0v) is 16.7. The van der Waals surface area contributed by atoms with E-state index in [1.807, 2.05) is 18.2 Å². The fraction of sp³-hybridized carbons (Fsp3) is 0.619. The van der Waals surface area contributed by atoms with Gasteiger partial charge in [-0.15, -0.1) is 0 Å². The molecule has 6 heteroatoms. The SMILES string of the molecule is COc1ccccc1CCNC(=NCC(=O)N(C)C)NC1CC2CCC1C2. The maximum atomic E-state index is 11.9. The summed E-state index contributed by atoms with van der Waals surface area (Å²) in [5, 5.41) is 7.01. The number of nitrogens with zero attached hydrogens (tertiary/aromatic N) is 2. The molecule has 0 saturated heterocycles. The zero-order chi connectivity index (χ0) is 19.2. The van der Waals surface area contributed by atoms with Gasteiger partial charge in [0.15, 0.2) is 5.96 Å². The van der Waals surface area contributed by atoms with Gasteiger partial charge in [-0.25, -0.2) is 4.99 Å². The molecule has 2 fully saturated rings. The van der Waals surface area contributed by atoms with Crippen LogP contribution >= 0.6 is 0 Å². The van der Waals surface area contributed by atoms with Crippen molar-refractivity contribution >= 4 is 11.9 Å². The van der Waals surface area contributed by atoms with Crippen LogP contribution in [0.3, 0.4) is 0 Å². The summed E-state index contributed by atoms with van der Waals surface area (Å²) in [6.07, 6.45) is 6.08. The van der Waals surface area contributed by atoms with Crippen molar-refractivity contribution in [3.63, 3.8) is 0 Å². The molecule has 27 heavy (non-hydrogen) atoms. The van der Waals surface area contributed by atoms with E-state index in [1.54, 1.807) is 26.1 Å². The maximum absolute atomic E-state index is 11.9. The monoisotopic (exact) mass is 372 g/mol. The van der Waals surface area contributed by atoms with Gasteiger partial charge in [-0.3, -0.25) is 4.79 Å². The van der Waals surface area contributed by atoms with E-state index in [9.17, 15) is 4.79 Å². The van der Waals surface area contributed by atoms with Crippen molar-refractivity contribution in [2.24, 2.45) is 16.8 Å². The topological polar surface area (TPSA) is 66.0 Å². The van der Waals surface area contributed by atoms with Crippen LogP contribution in [0.4, 0.5) is 0 Å². The van der Waals surface area contributed by atoms with E-state index in [4.69, 9.17) is 4.74 Å². The second-order valence-electron chi connectivity index (χ2n) is 7.87. The molecule has 6 nitrogen and oxygen atoms in total. The summed E-state index contributed by atoms with van der Waals surface area (Å²) in [5.41, 5.74) is 1.16. The lowest BCUT2D eigenvalue weighted by Crippen LogP contribution is -2.46. The summed E-state index contributed by atoms with van der Waals surface area (Å²) in [5.74, 6) is 3.28. The molecule has 2 bridgehead atoms. The van der Waals surface area contributed by atoms with Gasteiger partial charge in [0.05, 0.1) is 7.11 Å². The van der Waals surface area contributed by atoms with E-state index in [1.165, 1.54) is 25.7 Å². The van der Waals surface area contributed by atoms with Crippen molar-refractivity contribution < 1.29 is 9.53 Å². The second kappa shape index (κ2) is 9.11. The average molecular weight is 373 g/mol. The molecule has 0 spiro atoms. The van der Waals surface area contributed by atoms with Crippen LogP contribution in [0, 0.1) is 11.8 Å². The highest BCUT2D eigenvalue weighted by atomic mass is 16.5. The van der Waals surface area contributed by atoms with Gasteiger partial charge in [0.25, 0.3) is 0 Å². The number of guanidine groups is 1. The van der Waals surface area contributed by atoms with E-state index in [-0.39, 0.29) is 12.5 Å². The van der Waals surface area contributed by atoms with Gasteiger partial charge < -0.3 is 20.3 Å². The summed E-state index contributed by atoms with van der Waals surface area (Å²) in [6, 6.07) is 8.54. The molecule has 1 aromatic rings. The highest BCUT2D eigenvalue weighted by Gasteiger charge is 2.39. The fourth-order valence-corrected chi connectivity index (χ4v) is 4.26. The standard InChI is InChI=1S/C21H32N4O2/c1-25(2)20(26)14-23-21(24-18-13-15-8-9-17(18)12-15)22-11-10-16-6-4-5-7-19(16)27-3/h4-7,15,17-18H,8-14H2,1-3H3,(H2,22,23,24). The van der Waals surface area contributed by atoms with Crippen LogP contribution in [0.2, 0.25) is 0 Å². The molecule has 0 heterocycles. The van der Waals surface area contributed by atoms with Crippen LogP contribution in [-0.4, -0.2) is 57.1 Å². The molecule has 2 saturated carbocycles. The molecule has 2 aliphatic rings. The number of fused-ring (bicyclic) bond motifs is 2. The third kappa shape index (κ3) is 5.15. The Morgan fingerprint density at radius 2 is 2.07 bits per heavy atom. The van der Waals surface area contributed by atoms with Crippen molar-refractivity contribution in [3.05, 3.63) is 29.8 Å². The molecule has 3 rings (SSSR count). The number of benzene rings is 1. The molecule has 1 aromatic carbocycles. The van der Waals surface area contributed by atoms with Crippen molar-refractivity contribution in [1.29, 1.82) is 0 Å². The van der Waals surface area contributed by atoms with Gasteiger partial charge in [-0.1, -0.05) is 24.6 Å². The molecule has 2 N–H and O–H groups in total. The quantitative estimate of drug-likeness (QED) is 0.568. The molecule has 1 amide bonds. The minimum Gasteiger partial charge on any atom is -0.496 e. The minimum atomic E-state index is 0.00812. The lowest BCUT2D eigenvalue weighted by atomic mass is 9.95. The van der Waals surface area contributed by atoms with Crippen molar-refractivity contribution in [2.75, 3.05) is 34.3 Å². The average Bonchev–Trinajstić information content (AvgIpc) is 3.29. The van der Waals surface area contributed by atoms with E-state index in [0.29, 0.717) is 6.04 Å². The lowest BCUT2D eigenvalue weighted by molar-refractivity contribution is -0.127. The van der Waals surface area contributed by atoms with E-state index in [2.05, 4.69) is 21.7 Å². The predicted octanol–water partition coefficient (Wildman–Crippen LogP) is 2.05. The van der Waals surface area contributed by atoms with Gasteiger partial charge >= 0.3 is 0 Å². The number of amides is 1. The number of hydrogen-bond donors (Lipinski definition) is 2. The zero-order valence-electron chi connectivity index (χ0n) is 16.7. The van der Waals surface area contributed by atoms with E-state index < -0.39 is 0 Å². The number of rotatable bonds is 7. The Morgan fingerprint density at radius 3 is 2.74 bits per heavy atom. The summed E-state index contributed by atoms with van der Waals surface area (Å²) in [6.45, 7) is 0.904. The van der Waals surface area contributed by atoms with Crippen molar-refractivity contribution in [1.82, 2.24) is 15.5 Å². The molecule has 3 atom stereocenters. The Morgan fingerprint density at radius 1 is 1.26 bits per heavy atom. The smallest absolute Gasteiger partial charge is 0.243 e. The van der Waals surface area contributed by atoms with Gasteiger partial charge in [-0.05, 0) is 49.1 Å². The number of para-hydroxylation sites is 1. The predicted molar refractivity (Wildman–Crippen MR) is 108 cm³/mol. The Bertz CT molecular complexity index is 674. The number of methoxy groups -OCH3 is 1. The van der Waals surface area contributed by atoms with E-state index in [0.717, 1.165) is 42.1 Å². The summed E-state index contributed by atoms with van der Waals surface area (Å²) < 4.78 is 5.43. The largest absolute Gasteiger partial charge is 0.496 e. The van der Waals surface area contributed by atoms with Crippen molar-refractivity contribution in [2.45, 2.75) is 38.1 Å². The van der Waals surface area contributed by atoms with Gasteiger partial charge in [0.2, 0.25) is 5.91 Å². The molecule has 0 aromatic heterocycles. The molecule has 0 radical (unpaired) electrons. The highest BCUT2D eigenvalue weighted by Crippen LogP contribution is 2.44. The van der Waals surface area contributed by atoms with Crippen LogP contribution in [0.1, 0.15) is 31.2 Å². The number of nitrogens with one attached hydrogen (secondary N) is 2. The molecular weight excluding hydrogens is 340 g/mol. The van der Waals surface area contributed by atoms with Crippen LogP contribution in [0.5, 0.6) is 5.75 Å². The third-order valence-corrected chi connectivity index (χ3v) is 5.81. The highest BCUT2D eigenvalue weighted by molar-refractivity contribution is 5.85. The third-order valence-electron chi connectivity index (χ3n) is 5.81. The van der Waals surface area contributed by atoms with Gasteiger partial charge in [0.1, 0.15) is 12.3 Å². The van der Waals surface area contributed by atoms with Gasteiger partial charge in [0, 0.05) is 26.7 Å². The molecule has 148 valence electrons. The summed E-state index contributed by atoms with van der Waals surface area (Å²) in [4.78, 5) is 18.1. The molecule has 0 aliphatic heterocycles. The number of carbonyl (C=O) groups is 1. The Labute approximate surface area is 162 Å². The first kappa shape index (κ1) is 19.5. The van der Waals surface area contributed by atoms with Gasteiger partial charge in [-0.2, -0.15) is 0 Å². The van der Waals surface area contributed by atoms with Crippen LogP contribution in [-0.2, 0) is 11.2 Å². The number of carbonyl (C=O) groups excluding carboxylic acids is 1. The van der Waals surface area contributed by atoms with Crippen molar-refractivity contribution in [3.8, 4) is 5.75 Å². The minimum absolute atomic E-state index is 0.00812. The molecule has 2 aliphatic carbocycles. The summed E-state index contributed by atoms with van der Waals surface area (Å²) in [7, 11) is 5.22. The first-order valence-electron chi connectivity index (χ1n) is 9.93. The van der Waals surface area contributed by atoms with Crippen LogP contribution < -0.4 is 15.4 Å². The lowest BCUT2D eigenvalue weighted by Gasteiger charge is -2.25. The molecule has 3 unspecified atom stereocenters. The summed E-state index contributed by atoms with van der Waals surface area (Å²) >= 11 is 0. The number of ether oxygens (including phenoxy) is 1. The first-order valence-corrected chi connectivity index (χ1v) is 9.93. The normalized spacial score (nSPS) is 24.0. The Balaban J connectivity index is 1.58. The number of hydrogen-bond acceptors (Lipinski definition) is 3. The molecular formula is C21H32N4O2. The maximum Gasteiger partial charge on any atom is 0.243 e. The first-order chi connectivity index (χ1) is 13.1. The number of aliphatic imine (C=N–C) groups is 1. The van der Waals surface area contributed by atoms with Crippen LogP contribution in [0.15, 0.2) is 29.3 Å². The Hall–Kier alpha value is -2.24. The number of likely N-dealkylation sites (N-methyl/N-ethyl adjacent to an activating group) is 1. The second-order valence-corrected chi connectivity index (χ2v) is 7.87. The Kier molecular flexibility index (Phi) is 6.58. The fourth-order valence-electron chi connectivity index (χ4n) is 4.26.